The highest BCUT2D eigenvalue weighted by Crippen LogP contribution is 2.21. The Morgan fingerprint density at radius 1 is 1.53 bits per heavy atom. The standard InChI is InChI=1S/C13H16ClFN2OS/c14-11-5-4-9(7-12(11)15)16-13(19)17-6-2-1-3-10(17)8-18/h4-5,7,10,18H,1-3,6,8H2,(H,16,19). The fraction of sp³-hybridized carbons (Fsp3) is 0.462. The minimum atomic E-state index is -0.480. The number of halogens is 2. The maximum atomic E-state index is 13.3. The number of likely N-dealkylation sites (tertiary alicyclic amines) is 1. The summed E-state index contributed by atoms with van der Waals surface area (Å²) < 4.78 is 13.3. The molecule has 1 aliphatic rings. The summed E-state index contributed by atoms with van der Waals surface area (Å²) in [5, 5.41) is 12.9. The van der Waals surface area contributed by atoms with Crippen LogP contribution in [0.3, 0.4) is 0 Å². The van der Waals surface area contributed by atoms with Gasteiger partial charge in [0.25, 0.3) is 0 Å². The Hall–Kier alpha value is -0.910. The molecule has 1 heterocycles. The van der Waals surface area contributed by atoms with Gasteiger partial charge in [0.15, 0.2) is 5.11 Å². The van der Waals surface area contributed by atoms with E-state index in [1.54, 1.807) is 6.07 Å². The van der Waals surface area contributed by atoms with Crippen molar-refractivity contribution in [3.63, 3.8) is 0 Å². The van der Waals surface area contributed by atoms with E-state index in [9.17, 15) is 9.50 Å². The number of nitrogens with zero attached hydrogens (tertiary/aromatic N) is 1. The highest BCUT2D eigenvalue weighted by molar-refractivity contribution is 7.80. The molecule has 0 saturated carbocycles. The molecule has 104 valence electrons. The zero-order chi connectivity index (χ0) is 13.8. The predicted molar refractivity (Wildman–Crippen MR) is 79.1 cm³/mol. The van der Waals surface area contributed by atoms with Crippen LogP contribution in [0.4, 0.5) is 10.1 Å². The summed E-state index contributed by atoms with van der Waals surface area (Å²) in [6, 6.07) is 4.52. The number of hydrogen-bond donors (Lipinski definition) is 2. The van der Waals surface area contributed by atoms with Crippen LogP contribution >= 0.6 is 23.8 Å². The van der Waals surface area contributed by atoms with Gasteiger partial charge in [-0.2, -0.15) is 0 Å². The predicted octanol–water partition coefficient (Wildman–Crippen LogP) is 3.02. The molecular weight excluding hydrogens is 287 g/mol. The van der Waals surface area contributed by atoms with Crippen molar-refractivity contribution in [2.24, 2.45) is 0 Å². The number of aliphatic hydroxyl groups excluding tert-OH is 1. The summed E-state index contributed by atoms with van der Waals surface area (Å²) in [4.78, 5) is 1.96. The monoisotopic (exact) mass is 302 g/mol. The average molecular weight is 303 g/mol. The quantitative estimate of drug-likeness (QED) is 0.823. The first-order chi connectivity index (χ1) is 9.11. The van der Waals surface area contributed by atoms with Crippen LogP contribution in [0.2, 0.25) is 5.02 Å². The van der Waals surface area contributed by atoms with Crippen molar-refractivity contribution in [1.82, 2.24) is 4.90 Å². The minimum Gasteiger partial charge on any atom is -0.394 e. The third-order valence-electron chi connectivity index (χ3n) is 3.27. The van der Waals surface area contributed by atoms with Gasteiger partial charge in [-0.3, -0.25) is 0 Å². The summed E-state index contributed by atoms with van der Waals surface area (Å²) >= 11 is 11.0. The highest BCUT2D eigenvalue weighted by Gasteiger charge is 2.23. The highest BCUT2D eigenvalue weighted by atomic mass is 35.5. The summed E-state index contributed by atoms with van der Waals surface area (Å²) in [5.41, 5.74) is 0.564. The number of nitrogens with one attached hydrogen (secondary N) is 1. The molecule has 1 aromatic carbocycles. The lowest BCUT2D eigenvalue weighted by atomic mass is 10.0. The first-order valence-electron chi connectivity index (χ1n) is 6.25. The Kier molecular flexibility index (Phi) is 4.96. The second-order valence-electron chi connectivity index (χ2n) is 4.58. The van der Waals surface area contributed by atoms with Crippen LogP contribution in [0, 0.1) is 5.82 Å². The van der Waals surface area contributed by atoms with Crippen LogP contribution in [0.25, 0.3) is 0 Å². The van der Waals surface area contributed by atoms with E-state index in [2.05, 4.69) is 5.32 Å². The molecule has 0 aromatic heterocycles. The van der Waals surface area contributed by atoms with Gasteiger partial charge in [0, 0.05) is 12.2 Å². The van der Waals surface area contributed by atoms with Gasteiger partial charge >= 0.3 is 0 Å². The number of thiocarbonyl (C=S) groups is 1. The molecule has 19 heavy (non-hydrogen) atoms. The van der Waals surface area contributed by atoms with Crippen molar-refractivity contribution in [2.75, 3.05) is 18.5 Å². The normalized spacial score (nSPS) is 19.3. The maximum absolute atomic E-state index is 13.3. The van der Waals surface area contributed by atoms with E-state index >= 15 is 0 Å². The van der Waals surface area contributed by atoms with E-state index in [1.165, 1.54) is 12.1 Å². The molecule has 0 amide bonds. The largest absolute Gasteiger partial charge is 0.394 e. The van der Waals surface area contributed by atoms with Crippen molar-refractivity contribution in [1.29, 1.82) is 0 Å². The number of piperidine rings is 1. The number of anilines is 1. The smallest absolute Gasteiger partial charge is 0.173 e. The van der Waals surface area contributed by atoms with Gasteiger partial charge in [-0.05, 0) is 49.7 Å². The Morgan fingerprint density at radius 3 is 3.00 bits per heavy atom. The zero-order valence-corrected chi connectivity index (χ0v) is 12.0. The van der Waals surface area contributed by atoms with E-state index in [4.69, 9.17) is 23.8 Å². The van der Waals surface area contributed by atoms with Gasteiger partial charge in [0.1, 0.15) is 5.82 Å². The molecule has 2 N–H and O–H groups in total. The molecular formula is C13H16ClFN2OS. The molecule has 1 saturated heterocycles. The number of rotatable bonds is 2. The van der Waals surface area contributed by atoms with Gasteiger partial charge in [0.2, 0.25) is 0 Å². The van der Waals surface area contributed by atoms with E-state index in [0.29, 0.717) is 10.8 Å². The summed E-state index contributed by atoms with van der Waals surface area (Å²) in [5.74, 6) is -0.480. The third-order valence-corrected chi connectivity index (χ3v) is 3.91. The van der Waals surface area contributed by atoms with Gasteiger partial charge in [0.05, 0.1) is 17.7 Å². The third kappa shape index (κ3) is 3.55. The average Bonchev–Trinajstić information content (AvgIpc) is 2.43. The zero-order valence-electron chi connectivity index (χ0n) is 10.4. The Labute approximate surface area is 122 Å². The van der Waals surface area contributed by atoms with Gasteiger partial charge < -0.3 is 15.3 Å². The molecule has 3 nitrogen and oxygen atoms in total. The van der Waals surface area contributed by atoms with Crippen LogP contribution in [0.5, 0.6) is 0 Å². The fourth-order valence-electron chi connectivity index (χ4n) is 2.23. The molecule has 1 aliphatic heterocycles. The summed E-state index contributed by atoms with van der Waals surface area (Å²) in [7, 11) is 0. The van der Waals surface area contributed by atoms with Crippen molar-refractivity contribution < 1.29 is 9.50 Å². The van der Waals surface area contributed by atoms with Crippen LogP contribution in [-0.2, 0) is 0 Å². The SMILES string of the molecule is OCC1CCCCN1C(=S)Nc1ccc(Cl)c(F)c1. The van der Waals surface area contributed by atoms with Crippen molar-refractivity contribution in [3.05, 3.63) is 29.0 Å². The summed E-state index contributed by atoms with van der Waals surface area (Å²) in [6.07, 6.45) is 3.07. The maximum Gasteiger partial charge on any atom is 0.173 e. The van der Waals surface area contributed by atoms with Gasteiger partial charge in [-0.1, -0.05) is 11.6 Å². The van der Waals surface area contributed by atoms with E-state index in [-0.39, 0.29) is 17.7 Å². The van der Waals surface area contributed by atoms with Crippen LogP contribution in [-0.4, -0.2) is 34.3 Å². The molecule has 2 rings (SSSR count). The lowest BCUT2D eigenvalue weighted by molar-refractivity contribution is 0.149. The molecule has 0 spiro atoms. The van der Waals surface area contributed by atoms with Crippen LogP contribution in [0.15, 0.2) is 18.2 Å². The van der Waals surface area contributed by atoms with Crippen molar-refractivity contribution in [3.8, 4) is 0 Å². The van der Waals surface area contributed by atoms with E-state index in [0.717, 1.165) is 25.8 Å². The second-order valence-corrected chi connectivity index (χ2v) is 5.38. The Bertz CT molecular complexity index is 472. The lowest BCUT2D eigenvalue weighted by Crippen LogP contribution is -2.47. The lowest BCUT2D eigenvalue weighted by Gasteiger charge is -2.36. The molecule has 1 atom stereocenters. The molecule has 0 aliphatic carbocycles. The van der Waals surface area contributed by atoms with Crippen molar-refractivity contribution >= 4 is 34.6 Å². The Morgan fingerprint density at radius 2 is 2.32 bits per heavy atom. The molecule has 6 heteroatoms. The first-order valence-corrected chi connectivity index (χ1v) is 7.04. The second kappa shape index (κ2) is 6.50. The number of hydrogen-bond acceptors (Lipinski definition) is 2. The minimum absolute atomic E-state index is 0.0471. The number of aliphatic hydroxyl groups is 1. The van der Waals surface area contributed by atoms with Crippen LogP contribution < -0.4 is 5.32 Å². The first kappa shape index (κ1) is 14.5. The molecule has 0 bridgehead atoms. The topological polar surface area (TPSA) is 35.5 Å². The Balaban J connectivity index is 2.05. The molecule has 1 unspecified atom stereocenters. The van der Waals surface area contributed by atoms with E-state index in [1.807, 2.05) is 4.90 Å². The van der Waals surface area contributed by atoms with Gasteiger partial charge in [-0.25, -0.2) is 4.39 Å². The van der Waals surface area contributed by atoms with Crippen LogP contribution in [0.1, 0.15) is 19.3 Å². The van der Waals surface area contributed by atoms with Crippen molar-refractivity contribution in [2.45, 2.75) is 25.3 Å². The molecule has 1 aromatic rings. The van der Waals surface area contributed by atoms with Gasteiger partial charge in [-0.15, -0.1) is 0 Å². The fourth-order valence-corrected chi connectivity index (χ4v) is 2.70. The van der Waals surface area contributed by atoms with E-state index < -0.39 is 5.82 Å². The molecule has 0 radical (unpaired) electrons. The number of benzene rings is 1. The summed E-state index contributed by atoms with van der Waals surface area (Å²) in [6.45, 7) is 0.893. The molecule has 1 fully saturated rings.